The zero-order chi connectivity index (χ0) is 27.2. The van der Waals surface area contributed by atoms with E-state index in [1.807, 2.05) is 67.7 Å². The molecule has 0 saturated heterocycles. The van der Waals surface area contributed by atoms with Crippen LogP contribution in [0.4, 0.5) is 0 Å². The van der Waals surface area contributed by atoms with Crippen LogP contribution in [0.5, 0.6) is 5.75 Å². The Morgan fingerprint density at radius 2 is 1.89 bits per heavy atom. The van der Waals surface area contributed by atoms with Crippen molar-refractivity contribution in [1.82, 2.24) is 14.7 Å². The third-order valence-corrected chi connectivity index (χ3v) is 6.81. The number of carbonyl (C=O) groups excluding carboxylic acids is 2. The molecule has 0 spiro atoms. The summed E-state index contributed by atoms with van der Waals surface area (Å²) in [5.41, 5.74) is 3.51. The van der Waals surface area contributed by atoms with Crippen molar-refractivity contribution in [1.29, 1.82) is 5.26 Å². The summed E-state index contributed by atoms with van der Waals surface area (Å²) in [7, 11) is 1.59. The maximum atomic E-state index is 13.5. The van der Waals surface area contributed by atoms with Gasteiger partial charge in [0, 0.05) is 42.7 Å². The predicted octanol–water partition coefficient (Wildman–Crippen LogP) is 5.33. The smallest absolute Gasteiger partial charge is 0.271 e. The van der Waals surface area contributed by atoms with Crippen LogP contribution < -0.4 is 4.74 Å². The average molecular weight is 575 g/mol. The SMILES string of the molecule is CCOCCCN1C(=O)C(C#N)=C(C)/C(=C\c2cn(-c3ccccc3)nc2-c2ccc(OC)c(Br)c2)C1=O. The Morgan fingerprint density at radius 1 is 1.13 bits per heavy atom. The number of nitriles is 1. The van der Waals surface area contributed by atoms with E-state index in [0.29, 0.717) is 42.2 Å². The van der Waals surface area contributed by atoms with Gasteiger partial charge >= 0.3 is 0 Å². The maximum Gasteiger partial charge on any atom is 0.271 e. The van der Waals surface area contributed by atoms with Crippen molar-refractivity contribution in [2.75, 3.05) is 26.9 Å². The number of hydrogen-bond acceptors (Lipinski definition) is 6. The number of halogens is 1. The van der Waals surface area contributed by atoms with E-state index in [0.717, 1.165) is 20.6 Å². The first-order valence-corrected chi connectivity index (χ1v) is 12.9. The van der Waals surface area contributed by atoms with Crippen LogP contribution in [0, 0.1) is 11.3 Å². The van der Waals surface area contributed by atoms with E-state index in [4.69, 9.17) is 14.6 Å². The number of ether oxygens (including phenoxy) is 2. The van der Waals surface area contributed by atoms with E-state index < -0.39 is 11.8 Å². The van der Waals surface area contributed by atoms with Gasteiger partial charge in [-0.2, -0.15) is 10.4 Å². The van der Waals surface area contributed by atoms with Crippen molar-refractivity contribution in [3.05, 3.63) is 81.5 Å². The van der Waals surface area contributed by atoms with Gasteiger partial charge in [-0.3, -0.25) is 14.5 Å². The lowest BCUT2D eigenvalue weighted by molar-refractivity contribution is -0.140. The zero-order valence-corrected chi connectivity index (χ0v) is 23.0. The molecule has 2 heterocycles. The topological polar surface area (TPSA) is 97.5 Å². The van der Waals surface area contributed by atoms with Gasteiger partial charge in [-0.1, -0.05) is 18.2 Å². The van der Waals surface area contributed by atoms with Gasteiger partial charge in [0.1, 0.15) is 23.1 Å². The number of carbonyl (C=O) groups is 2. The lowest BCUT2D eigenvalue weighted by Crippen LogP contribution is -2.43. The maximum absolute atomic E-state index is 13.5. The number of imide groups is 1. The molecule has 1 aliphatic rings. The van der Waals surface area contributed by atoms with Crippen molar-refractivity contribution in [2.24, 2.45) is 0 Å². The second-order valence-corrected chi connectivity index (χ2v) is 9.40. The van der Waals surface area contributed by atoms with Crippen LogP contribution in [0.15, 0.2) is 75.9 Å². The summed E-state index contributed by atoms with van der Waals surface area (Å²) in [6.45, 7) is 4.63. The highest BCUT2D eigenvalue weighted by molar-refractivity contribution is 9.10. The molecule has 0 fully saturated rings. The zero-order valence-electron chi connectivity index (χ0n) is 21.4. The second kappa shape index (κ2) is 12.0. The molecule has 0 atom stereocenters. The molecule has 1 aliphatic heterocycles. The summed E-state index contributed by atoms with van der Waals surface area (Å²) >= 11 is 3.54. The minimum absolute atomic E-state index is 0.0450. The van der Waals surface area contributed by atoms with Gasteiger partial charge < -0.3 is 9.47 Å². The van der Waals surface area contributed by atoms with Crippen molar-refractivity contribution >= 4 is 33.8 Å². The van der Waals surface area contributed by atoms with Crippen molar-refractivity contribution < 1.29 is 19.1 Å². The van der Waals surface area contributed by atoms with Crippen molar-refractivity contribution in [3.63, 3.8) is 0 Å². The van der Waals surface area contributed by atoms with Gasteiger partial charge in [0.25, 0.3) is 11.8 Å². The lowest BCUT2D eigenvalue weighted by atomic mass is 9.93. The molecule has 2 aromatic carbocycles. The van der Waals surface area contributed by atoms with Crippen molar-refractivity contribution in [3.8, 4) is 28.8 Å². The number of amides is 2. The van der Waals surface area contributed by atoms with Crippen LogP contribution in [-0.2, 0) is 14.3 Å². The Morgan fingerprint density at radius 3 is 2.55 bits per heavy atom. The van der Waals surface area contributed by atoms with Gasteiger partial charge in [-0.25, -0.2) is 4.68 Å². The number of nitrogens with zero attached hydrogens (tertiary/aromatic N) is 4. The van der Waals surface area contributed by atoms with Crippen LogP contribution in [-0.4, -0.2) is 53.4 Å². The fraction of sp³-hybridized carbons (Fsp3) is 0.241. The summed E-state index contributed by atoms with van der Waals surface area (Å²) < 4.78 is 13.2. The molecule has 1 aromatic heterocycles. The molecular formula is C29H27BrN4O4. The molecule has 8 nitrogen and oxygen atoms in total. The number of methoxy groups -OCH3 is 1. The molecule has 0 bridgehead atoms. The average Bonchev–Trinajstić information content (AvgIpc) is 3.35. The Labute approximate surface area is 229 Å². The molecule has 0 radical (unpaired) electrons. The first kappa shape index (κ1) is 27.0. The second-order valence-electron chi connectivity index (χ2n) is 8.54. The first-order chi connectivity index (χ1) is 18.4. The predicted molar refractivity (Wildman–Crippen MR) is 147 cm³/mol. The summed E-state index contributed by atoms with van der Waals surface area (Å²) in [6, 6.07) is 17.2. The molecular weight excluding hydrogens is 548 g/mol. The van der Waals surface area contributed by atoms with Gasteiger partial charge in [-0.05, 0) is 78.2 Å². The van der Waals surface area contributed by atoms with Gasteiger partial charge in [0.15, 0.2) is 0 Å². The standard InChI is InChI=1S/C29H27BrN4O4/c1-4-38-14-8-13-33-28(35)23(19(2)24(17-31)29(33)36)15-21-18-34(22-9-6-5-7-10-22)32-27(21)20-11-12-26(37-3)25(30)16-20/h5-7,9-12,15-16,18H,4,8,13-14H2,1-3H3/b23-15+. The number of rotatable bonds is 9. The number of hydrogen-bond donors (Lipinski definition) is 0. The van der Waals surface area contributed by atoms with Crippen molar-refractivity contribution in [2.45, 2.75) is 20.3 Å². The molecule has 2 amide bonds. The van der Waals surface area contributed by atoms with E-state index in [9.17, 15) is 14.9 Å². The Hall–Kier alpha value is -4.00. The van der Waals surface area contributed by atoms with Gasteiger partial charge in [0.2, 0.25) is 0 Å². The number of para-hydroxylation sites is 1. The first-order valence-electron chi connectivity index (χ1n) is 12.2. The highest BCUT2D eigenvalue weighted by Crippen LogP contribution is 2.34. The van der Waals surface area contributed by atoms with Crippen LogP contribution in [0.2, 0.25) is 0 Å². The normalized spacial score (nSPS) is 14.8. The van der Waals surface area contributed by atoms with Crippen LogP contribution in [0.1, 0.15) is 25.8 Å². The Balaban J connectivity index is 1.84. The molecule has 4 rings (SSSR count). The molecule has 9 heteroatoms. The third kappa shape index (κ3) is 5.47. The van der Waals surface area contributed by atoms with Gasteiger partial charge in [-0.15, -0.1) is 0 Å². The largest absolute Gasteiger partial charge is 0.496 e. The summed E-state index contributed by atoms with van der Waals surface area (Å²) in [5.74, 6) is -0.350. The highest BCUT2D eigenvalue weighted by Gasteiger charge is 2.35. The molecule has 194 valence electrons. The molecule has 0 saturated carbocycles. The summed E-state index contributed by atoms with van der Waals surface area (Å²) in [4.78, 5) is 27.6. The number of benzene rings is 2. The van der Waals surface area contributed by atoms with Gasteiger partial charge in [0.05, 0.1) is 17.3 Å². The minimum atomic E-state index is -0.581. The van der Waals surface area contributed by atoms with E-state index >= 15 is 0 Å². The lowest BCUT2D eigenvalue weighted by Gasteiger charge is -2.27. The van der Waals surface area contributed by atoms with E-state index in [1.54, 1.807) is 24.8 Å². The fourth-order valence-electron chi connectivity index (χ4n) is 4.20. The third-order valence-electron chi connectivity index (χ3n) is 6.19. The van der Waals surface area contributed by atoms with Crippen LogP contribution >= 0.6 is 15.9 Å². The molecule has 0 unspecified atom stereocenters. The van der Waals surface area contributed by atoms with E-state index in [1.165, 1.54) is 0 Å². The quantitative estimate of drug-likeness (QED) is 0.195. The van der Waals surface area contributed by atoms with E-state index in [-0.39, 0.29) is 17.7 Å². The molecule has 0 aliphatic carbocycles. The minimum Gasteiger partial charge on any atom is -0.496 e. The Bertz CT molecular complexity index is 1470. The summed E-state index contributed by atoms with van der Waals surface area (Å²) in [5, 5.41) is 14.6. The van der Waals surface area contributed by atoms with Crippen LogP contribution in [0.25, 0.3) is 23.0 Å². The summed E-state index contributed by atoms with van der Waals surface area (Å²) in [6.07, 6.45) is 4.02. The Kier molecular flexibility index (Phi) is 8.56. The molecule has 38 heavy (non-hydrogen) atoms. The number of aromatic nitrogens is 2. The fourth-order valence-corrected chi connectivity index (χ4v) is 4.74. The molecule has 0 N–H and O–H groups in total. The monoisotopic (exact) mass is 574 g/mol. The highest BCUT2D eigenvalue weighted by atomic mass is 79.9. The molecule has 3 aromatic rings. The van der Waals surface area contributed by atoms with Crippen LogP contribution in [0.3, 0.4) is 0 Å². The van der Waals surface area contributed by atoms with E-state index in [2.05, 4.69) is 15.9 Å².